The number of ether oxygens (including phenoxy) is 1. The first-order valence-electron chi connectivity index (χ1n) is 8.18. The Morgan fingerprint density at radius 1 is 1.12 bits per heavy atom. The molecule has 0 spiro atoms. The maximum atomic E-state index is 14.0. The molecule has 24 heavy (non-hydrogen) atoms. The van der Waals surface area contributed by atoms with Crippen molar-refractivity contribution in [2.45, 2.75) is 12.8 Å². The Kier molecular flexibility index (Phi) is 5.43. The number of benzene rings is 2. The molecular weight excluding hydrogens is 307 g/mol. The number of hydrogen-bond donors (Lipinski definition) is 1. The maximum Gasteiger partial charge on any atom is 0.224 e. The average Bonchev–Trinajstić information content (AvgIpc) is 2.63. The van der Waals surface area contributed by atoms with E-state index in [2.05, 4.69) is 10.2 Å². The third-order valence-corrected chi connectivity index (χ3v) is 4.08. The fraction of sp³-hybridized carbons (Fsp3) is 0.316. The Morgan fingerprint density at radius 2 is 1.88 bits per heavy atom. The summed E-state index contributed by atoms with van der Waals surface area (Å²) in [5.41, 5.74) is 2.23. The molecule has 0 atom stereocenters. The van der Waals surface area contributed by atoms with Crippen LogP contribution in [0.3, 0.4) is 0 Å². The zero-order chi connectivity index (χ0) is 16.8. The lowest BCUT2D eigenvalue weighted by Gasteiger charge is -2.29. The molecule has 4 nitrogen and oxygen atoms in total. The Morgan fingerprint density at radius 3 is 2.62 bits per heavy atom. The van der Waals surface area contributed by atoms with Gasteiger partial charge in [0.2, 0.25) is 5.91 Å². The highest BCUT2D eigenvalue weighted by Gasteiger charge is 2.14. The van der Waals surface area contributed by atoms with Gasteiger partial charge < -0.3 is 15.0 Å². The molecule has 0 unspecified atom stereocenters. The Bertz CT molecular complexity index is 685. The number of amides is 1. The van der Waals surface area contributed by atoms with Gasteiger partial charge in [0.1, 0.15) is 5.82 Å². The molecule has 0 radical (unpaired) electrons. The predicted octanol–water partition coefficient (Wildman–Crippen LogP) is 3.23. The lowest BCUT2D eigenvalue weighted by atomic mass is 10.1. The Balaban J connectivity index is 1.62. The quantitative estimate of drug-likeness (QED) is 0.916. The number of nitrogens with one attached hydrogen (secondary N) is 1. The number of carbonyl (C=O) groups excluding carboxylic acids is 1. The third kappa shape index (κ3) is 4.32. The molecule has 1 aliphatic heterocycles. The highest BCUT2D eigenvalue weighted by molar-refractivity contribution is 5.91. The van der Waals surface area contributed by atoms with E-state index in [-0.39, 0.29) is 11.6 Å². The monoisotopic (exact) mass is 328 g/mol. The highest BCUT2D eigenvalue weighted by Crippen LogP contribution is 2.24. The third-order valence-electron chi connectivity index (χ3n) is 4.08. The topological polar surface area (TPSA) is 41.6 Å². The molecule has 3 rings (SSSR count). The van der Waals surface area contributed by atoms with E-state index in [1.54, 1.807) is 12.1 Å². The van der Waals surface area contributed by atoms with Crippen molar-refractivity contribution in [2.24, 2.45) is 0 Å². The van der Waals surface area contributed by atoms with Crippen LogP contribution in [-0.2, 0) is 16.0 Å². The molecule has 1 aliphatic rings. The van der Waals surface area contributed by atoms with Crippen molar-refractivity contribution in [3.8, 4) is 0 Å². The predicted molar refractivity (Wildman–Crippen MR) is 92.8 cm³/mol. The largest absolute Gasteiger partial charge is 0.378 e. The number of morpholine rings is 1. The molecule has 2 aromatic rings. The summed E-state index contributed by atoms with van der Waals surface area (Å²) >= 11 is 0. The van der Waals surface area contributed by atoms with Crippen molar-refractivity contribution in [1.82, 2.24) is 0 Å². The molecule has 0 aliphatic carbocycles. The number of halogens is 1. The zero-order valence-electron chi connectivity index (χ0n) is 13.5. The summed E-state index contributed by atoms with van der Waals surface area (Å²) in [7, 11) is 0. The molecule has 5 heteroatoms. The van der Waals surface area contributed by atoms with Gasteiger partial charge in [-0.3, -0.25) is 4.79 Å². The van der Waals surface area contributed by atoms with Gasteiger partial charge in [0.25, 0.3) is 0 Å². The van der Waals surface area contributed by atoms with Crippen molar-refractivity contribution in [2.75, 3.05) is 36.5 Å². The van der Waals surface area contributed by atoms with E-state index >= 15 is 0 Å². The second-order valence-electron chi connectivity index (χ2n) is 5.80. The van der Waals surface area contributed by atoms with Gasteiger partial charge in [-0.1, -0.05) is 30.3 Å². The number of hydrogen-bond acceptors (Lipinski definition) is 3. The van der Waals surface area contributed by atoms with Crippen LogP contribution >= 0.6 is 0 Å². The summed E-state index contributed by atoms with van der Waals surface area (Å²) in [4.78, 5) is 14.2. The first-order valence-corrected chi connectivity index (χ1v) is 8.18. The second kappa shape index (κ2) is 7.93. The molecule has 1 heterocycles. The number of carbonyl (C=O) groups is 1. The number of anilines is 2. The molecule has 2 aromatic carbocycles. The minimum Gasteiger partial charge on any atom is -0.378 e. The van der Waals surface area contributed by atoms with E-state index in [4.69, 9.17) is 4.74 Å². The summed E-state index contributed by atoms with van der Waals surface area (Å²) in [6.07, 6.45) is 0.961. The van der Waals surface area contributed by atoms with Gasteiger partial charge in [-0.25, -0.2) is 4.39 Å². The lowest BCUT2D eigenvalue weighted by Crippen LogP contribution is -2.36. The Hall–Kier alpha value is -2.40. The summed E-state index contributed by atoms with van der Waals surface area (Å²) in [5.74, 6) is -0.600. The summed E-state index contributed by atoms with van der Waals surface area (Å²) in [5, 5.41) is 2.69. The van der Waals surface area contributed by atoms with Gasteiger partial charge in [-0.05, 0) is 30.2 Å². The van der Waals surface area contributed by atoms with Crippen LogP contribution in [-0.4, -0.2) is 32.2 Å². The summed E-state index contributed by atoms with van der Waals surface area (Å²) in [6.45, 7) is 2.87. The van der Waals surface area contributed by atoms with Crippen LogP contribution in [0.2, 0.25) is 0 Å². The average molecular weight is 328 g/mol. The minimum absolute atomic E-state index is 0.183. The SMILES string of the molecule is O=C(CCc1ccccc1)Nc1cc(N2CCOCC2)ccc1F. The molecule has 1 saturated heterocycles. The molecule has 126 valence electrons. The van der Waals surface area contributed by atoms with E-state index in [0.29, 0.717) is 26.1 Å². The van der Waals surface area contributed by atoms with Crippen LogP contribution in [0.15, 0.2) is 48.5 Å². The molecular formula is C19H21FN2O2. The number of rotatable bonds is 5. The zero-order valence-corrected chi connectivity index (χ0v) is 13.5. The van der Waals surface area contributed by atoms with Gasteiger partial charge in [0, 0.05) is 25.2 Å². The van der Waals surface area contributed by atoms with Gasteiger partial charge in [-0.2, -0.15) is 0 Å². The van der Waals surface area contributed by atoms with Crippen molar-refractivity contribution in [1.29, 1.82) is 0 Å². The van der Waals surface area contributed by atoms with E-state index in [0.717, 1.165) is 24.3 Å². The van der Waals surface area contributed by atoms with E-state index in [1.165, 1.54) is 6.07 Å². The lowest BCUT2D eigenvalue weighted by molar-refractivity contribution is -0.116. The standard InChI is InChI=1S/C19H21FN2O2/c20-17-8-7-16(22-10-12-24-13-11-22)14-18(17)21-19(23)9-6-15-4-2-1-3-5-15/h1-5,7-8,14H,6,9-13H2,(H,21,23). The van der Waals surface area contributed by atoms with Crippen LogP contribution < -0.4 is 10.2 Å². The van der Waals surface area contributed by atoms with E-state index in [1.807, 2.05) is 30.3 Å². The Labute approximate surface area is 141 Å². The summed E-state index contributed by atoms with van der Waals surface area (Å²) in [6, 6.07) is 14.6. The van der Waals surface area contributed by atoms with Crippen LogP contribution in [0.25, 0.3) is 0 Å². The number of nitrogens with zero attached hydrogens (tertiary/aromatic N) is 1. The molecule has 0 bridgehead atoms. The maximum absolute atomic E-state index is 14.0. The van der Waals surface area contributed by atoms with Crippen LogP contribution in [0.1, 0.15) is 12.0 Å². The highest BCUT2D eigenvalue weighted by atomic mass is 19.1. The van der Waals surface area contributed by atoms with Gasteiger partial charge >= 0.3 is 0 Å². The van der Waals surface area contributed by atoms with Crippen molar-refractivity contribution >= 4 is 17.3 Å². The normalized spacial score (nSPS) is 14.5. The fourth-order valence-corrected chi connectivity index (χ4v) is 2.74. The number of aryl methyl sites for hydroxylation is 1. The fourth-order valence-electron chi connectivity index (χ4n) is 2.74. The van der Waals surface area contributed by atoms with Crippen LogP contribution in [0, 0.1) is 5.82 Å². The molecule has 1 N–H and O–H groups in total. The minimum atomic E-state index is -0.417. The second-order valence-corrected chi connectivity index (χ2v) is 5.80. The van der Waals surface area contributed by atoms with E-state index in [9.17, 15) is 9.18 Å². The summed E-state index contributed by atoms with van der Waals surface area (Å²) < 4.78 is 19.3. The molecule has 0 saturated carbocycles. The van der Waals surface area contributed by atoms with Crippen molar-refractivity contribution in [3.63, 3.8) is 0 Å². The molecule has 1 amide bonds. The van der Waals surface area contributed by atoms with Gasteiger partial charge in [0.15, 0.2) is 0 Å². The van der Waals surface area contributed by atoms with Gasteiger partial charge in [-0.15, -0.1) is 0 Å². The van der Waals surface area contributed by atoms with E-state index < -0.39 is 5.82 Å². The van der Waals surface area contributed by atoms with Crippen molar-refractivity contribution < 1.29 is 13.9 Å². The smallest absolute Gasteiger partial charge is 0.224 e. The van der Waals surface area contributed by atoms with Gasteiger partial charge in [0.05, 0.1) is 18.9 Å². The van der Waals surface area contributed by atoms with Crippen LogP contribution in [0.5, 0.6) is 0 Å². The first-order chi connectivity index (χ1) is 11.7. The van der Waals surface area contributed by atoms with Crippen molar-refractivity contribution in [3.05, 3.63) is 59.9 Å². The first kappa shape index (κ1) is 16.5. The van der Waals surface area contributed by atoms with Crippen LogP contribution in [0.4, 0.5) is 15.8 Å². The molecule has 0 aromatic heterocycles. The molecule has 1 fully saturated rings.